The summed E-state index contributed by atoms with van der Waals surface area (Å²) >= 11 is 1.76. The lowest BCUT2D eigenvalue weighted by atomic mass is 10.2. The van der Waals surface area contributed by atoms with E-state index in [0.29, 0.717) is 0 Å². The van der Waals surface area contributed by atoms with Gasteiger partial charge < -0.3 is 5.32 Å². The lowest BCUT2D eigenvalue weighted by Gasteiger charge is -2.14. The van der Waals surface area contributed by atoms with Crippen LogP contribution in [-0.4, -0.2) is 14.8 Å². The van der Waals surface area contributed by atoms with E-state index < -0.39 is 0 Å². The largest absolute Gasteiger partial charge is 0.378 e. The molecule has 0 aliphatic rings. The summed E-state index contributed by atoms with van der Waals surface area (Å²) in [5, 5.41) is 8.87. The SMILES string of the molecule is Cc1nc(C)c(C(C)Nc2ccc(-n3cccn3)cc2)s1. The van der Waals surface area contributed by atoms with Crippen LogP contribution in [0.15, 0.2) is 42.7 Å². The van der Waals surface area contributed by atoms with Crippen LogP contribution >= 0.6 is 11.3 Å². The minimum absolute atomic E-state index is 0.256. The van der Waals surface area contributed by atoms with Crippen LogP contribution in [0.3, 0.4) is 0 Å². The minimum atomic E-state index is 0.256. The van der Waals surface area contributed by atoms with Gasteiger partial charge in [-0.1, -0.05) is 0 Å². The van der Waals surface area contributed by atoms with Crippen LogP contribution in [0, 0.1) is 13.8 Å². The van der Waals surface area contributed by atoms with E-state index in [9.17, 15) is 0 Å². The van der Waals surface area contributed by atoms with Crippen molar-refractivity contribution in [3.05, 3.63) is 58.3 Å². The number of rotatable bonds is 4. The maximum atomic E-state index is 4.49. The third-order valence-corrected chi connectivity index (χ3v) is 4.61. The molecule has 108 valence electrons. The molecule has 0 radical (unpaired) electrons. The summed E-state index contributed by atoms with van der Waals surface area (Å²) in [5.41, 5.74) is 3.28. The van der Waals surface area contributed by atoms with Gasteiger partial charge in [-0.15, -0.1) is 11.3 Å². The van der Waals surface area contributed by atoms with Crippen LogP contribution in [0.25, 0.3) is 5.69 Å². The van der Waals surface area contributed by atoms with E-state index in [-0.39, 0.29) is 6.04 Å². The summed E-state index contributed by atoms with van der Waals surface area (Å²) in [7, 11) is 0. The lowest BCUT2D eigenvalue weighted by molar-refractivity contribution is 0.875. The number of nitrogens with one attached hydrogen (secondary N) is 1. The molecule has 1 aromatic carbocycles. The first-order chi connectivity index (χ1) is 10.1. The van der Waals surface area contributed by atoms with Gasteiger partial charge in [-0.2, -0.15) is 5.10 Å². The van der Waals surface area contributed by atoms with Crippen LogP contribution in [0.4, 0.5) is 5.69 Å². The number of nitrogens with zero attached hydrogens (tertiary/aromatic N) is 3. The molecule has 0 fully saturated rings. The molecule has 1 N–H and O–H groups in total. The third-order valence-electron chi connectivity index (χ3n) is 3.35. The predicted molar refractivity (Wildman–Crippen MR) is 87.2 cm³/mol. The normalized spacial score (nSPS) is 12.3. The van der Waals surface area contributed by atoms with Crippen molar-refractivity contribution < 1.29 is 0 Å². The van der Waals surface area contributed by atoms with Gasteiger partial charge in [0, 0.05) is 23.0 Å². The molecule has 21 heavy (non-hydrogen) atoms. The van der Waals surface area contributed by atoms with E-state index in [2.05, 4.69) is 53.5 Å². The van der Waals surface area contributed by atoms with Crippen LogP contribution < -0.4 is 5.32 Å². The van der Waals surface area contributed by atoms with Gasteiger partial charge >= 0.3 is 0 Å². The van der Waals surface area contributed by atoms with Gasteiger partial charge in [0.05, 0.1) is 22.4 Å². The highest BCUT2D eigenvalue weighted by Gasteiger charge is 2.12. The highest BCUT2D eigenvalue weighted by atomic mass is 32.1. The first-order valence-corrected chi connectivity index (χ1v) is 7.75. The number of thiazole rings is 1. The van der Waals surface area contributed by atoms with Gasteiger partial charge in [0.25, 0.3) is 0 Å². The molecular formula is C16H18N4S. The standard InChI is InChI=1S/C16H18N4S/c1-11-16(21-13(3)18-11)12(2)19-14-5-7-15(8-6-14)20-10-4-9-17-20/h4-10,12,19H,1-3H3. The molecule has 0 bridgehead atoms. The van der Waals surface area contributed by atoms with Crippen molar-refractivity contribution in [2.45, 2.75) is 26.8 Å². The Morgan fingerprint density at radius 3 is 2.52 bits per heavy atom. The van der Waals surface area contributed by atoms with E-state index in [4.69, 9.17) is 0 Å². The van der Waals surface area contributed by atoms with E-state index in [0.717, 1.165) is 22.1 Å². The number of aromatic nitrogens is 3. The highest BCUT2D eigenvalue weighted by molar-refractivity contribution is 7.11. The van der Waals surface area contributed by atoms with Crippen LogP contribution in [0.2, 0.25) is 0 Å². The van der Waals surface area contributed by atoms with E-state index >= 15 is 0 Å². The fourth-order valence-electron chi connectivity index (χ4n) is 2.40. The topological polar surface area (TPSA) is 42.7 Å². The van der Waals surface area contributed by atoms with Crippen molar-refractivity contribution in [1.29, 1.82) is 0 Å². The molecule has 3 rings (SSSR count). The fraction of sp³-hybridized carbons (Fsp3) is 0.250. The molecule has 0 aliphatic carbocycles. The third kappa shape index (κ3) is 2.97. The molecule has 1 atom stereocenters. The van der Waals surface area contributed by atoms with Gasteiger partial charge in [0.2, 0.25) is 0 Å². The second-order valence-corrected chi connectivity index (χ2v) is 6.28. The molecular weight excluding hydrogens is 280 g/mol. The number of benzene rings is 1. The Bertz CT molecular complexity index is 713. The molecule has 2 aromatic heterocycles. The smallest absolute Gasteiger partial charge is 0.0900 e. The monoisotopic (exact) mass is 298 g/mol. The summed E-state index contributed by atoms with van der Waals surface area (Å²) in [5.74, 6) is 0. The van der Waals surface area contributed by atoms with Gasteiger partial charge in [-0.3, -0.25) is 0 Å². The summed E-state index contributed by atoms with van der Waals surface area (Å²) in [6.07, 6.45) is 3.72. The van der Waals surface area contributed by atoms with Crippen LogP contribution in [-0.2, 0) is 0 Å². The number of hydrogen-bond donors (Lipinski definition) is 1. The first-order valence-electron chi connectivity index (χ1n) is 6.94. The second-order valence-electron chi connectivity index (χ2n) is 5.05. The fourth-order valence-corrected chi connectivity index (χ4v) is 3.33. The zero-order valence-corrected chi connectivity index (χ0v) is 13.2. The van der Waals surface area contributed by atoms with Gasteiger partial charge in [-0.25, -0.2) is 9.67 Å². The Kier molecular flexibility index (Phi) is 3.75. The minimum Gasteiger partial charge on any atom is -0.378 e. The average Bonchev–Trinajstić information content (AvgIpc) is 3.09. The molecule has 0 saturated heterocycles. The molecule has 3 aromatic rings. The Hall–Kier alpha value is -2.14. The Labute approximate surface area is 128 Å². The van der Waals surface area contributed by atoms with E-state index in [1.54, 1.807) is 17.5 Å². The van der Waals surface area contributed by atoms with Crippen molar-refractivity contribution in [3.63, 3.8) is 0 Å². The maximum Gasteiger partial charge on any atom is 0.0900 e. The number of aryl methyl sites for hydroxylation is 2. The number of anilines is 1. The van der Waals surface area contributed by atoms with Gasteiger partial charge in [0.1, 0.15) is 0 Å². The molecule has 0 aliphatic heterocycles. The van der Waals surface area contributed by atoms with Crippen molar-refractivity contribution in [3.8, 4) is 5.69 Å². The Morgan fingerprint density at radius 1 is 1.19 bits per heavy atom. The second kappa shape index (κ2) is 5.69. The van der Waals surface area contributed by atoms with Crippen molar-refractivity contribution in [1.82, 2.24) is 14.8 Å². The van der Waals surface area contributed by atoms with E-state index in [1.807, 2.05) is 23.9 Å². The first kappa shape index (κ1) is 13.8. The summed E-state index contributed by atoms with van der Waals surface area (Å²) in [6, 6.07) is 10.5. The number of hydrogen-bond acceptors (Lipinski definition) is 4. The average molecular weight is 298 g/mol. The quantitative estimate of drug-likeness (QED) is 0.788. The molecule has 1 unspecified atom stereocenters. The molecule has 0 spiro atoms. The van der Waals surface area contributed by atoms with Crippen molar-refractivity contribution >= 4 is 17.0 Å². The molecule has 0 saturated carbocycles. The van der Waals surface area contributed by atoms with Crippen molar-refractivity contribution in [2.24, 2.45) is 0 Å². The Balaban J connectivity index is 1.74. The van der Waals surface area contributed by atoms with Gasteiger partial charge in [0.15, 0.2) is 0 Å². The molecule has 4 nitrogen and oxygen atoms in total. The molecule has 2 heterocycles. The maximum absolute atomic E-state index is 4.49. The molecule has 0 amide bonds. The predicted octanol–water partition coefficient (Wildman–Crippen LogP) is 4.12. The lowest BCUT2D eigenvalue weighted by Crippen LogP contribution is -2.06. The molecule has 5 heteroatoms. The summed E-state index contributed by atoms with van der Waals surface area (Å²) in [6.45, 7) is 6.28. The summed E-state index contributed by atoms with van der Waals surface area (Å²) < 4.78 is 1.85. The van der Waals surface area contributed by atoms with Crippen LogP contribution in [0.5, 0.6) is 0 Å². The zero-order valence-electron chi connectivity index (χ0n) is 12.4. The van der Waals surface area contributed by atoms with Crippen LogP contribution in [0.1, 0.15) is 28.5 Å². The van der Waals surface area contributed by atoms with Crippen molar-refractivity contribution in [2.75, 3.05) is 5.32 Å². The van der Waals surface area contributed by atoms with Gasteiger partial charge in [-0.05, 0) is 51.1 Å². The highest BCUT2D eigenvalue weighted by Crippen LogP contribution is 2.27. The van der Waals surface area contributed by atoms with E-state index in [1.165, 1.54) is 4.88 Å². The zero-order chi connectivity index (χ0) is 14.8. The Morgan fingerprint density at radius 2 is 1.95 bits per heavy atom. The summed E-state index contributed by atoms with van der Waals surface area (Å²) in [4.78, 5) is 5.78.